The SMILES string of the molecule is CCCNC(c1ccoc1)c1cc(OC)c(OC)cc1Br. The fraction of sp³-hybridized carbons (Fsp3) is 0.375. The molecule has 0 radical (unpaired) electrons. The highest BCUT2D eigenvalue weighted by Crippen LogP contribution is 2.38. The average molecular weight is 354 g/mol. The molecule has 114 valence electrons. The quantitative estimate of drug-likeness (QED) is 0.811. The van der Waals surface area contributed by atoms with Crippen LogP contribution in [-0.4, -0.2) is 20.8 Å². The van der Waals surface area contributed by atoms with Gasteiger partial charge in [0, 0.05) is 10.0 Å². The lowest BCUT2D eigenvalue weighted by molar-refractivity contribution is 0.353. The standard InChI is InChI=1S/C16H20BrNO3/c1-4-6-18-16(11-5-7-21-10-11)12-8-14(19-2)15(20-3)9-13(12)17/h5,7-10,16,18H,4,6H2,1-3H3. The van der Waals surface area contributed by atoms with Crippen LogP contribution >= 0.6 is 15.9 Å². The molecular formula is C16H20BrNO3. The first-order valence-electron chi connectivity index (χ1n) is 6.88. The lowest BCUT2D eigenvalue weighted by Crippen LogP contribution is -2.23. The van der Waals surface area contributed by atoms with E-state index in [1.807, 2.05) is 18.2 Å². The van der Waals surface area contributed by atoms with Gasteiger partial charge in [-0.25, -0.2) is 0 Å². The number of nitrogens with one attached hydrogen (secondary N) is 1. The van der Waals surface area contributed by atoms with E-state index in [-0.39, 0.29) is 6.04 Å². The molecule has 2 rings (SSSR count). The van der Waals surface area contributed by atoms with E-state index in [2.05, 4.69) is 28.2 Å². The number of halogens is 1. The second kappa shape index (κ2) is 7.52. The van der Waals surface area contributed by atoms with Gasteiger partial charge in [0.25, 0.3) is 0 Å². The van der Waals surface area contributed by atoms with Crippen LogP contribution in [0, 0.1) is 0 Å². The normalized spacial score (nSPS) is 12.2. The molecule has 0 bridgehead atoms. The van der Waals surface area contributed by atoms with Gasteiger partial charge in [0.2, 0.25) is 0 Å². The fourth-order valence-corrected chi connectivity index (χ4v) is 2.78. The predicted molar refractivity (Wildman–Crippen MR) is 86.1 cm³/mol. The Hall–Kier alpha value is -1.46. The molecule has 0 saturated heterocycles. The molecule has 1 unspecified atom stereocenters. The van der Waals surface area contributed by atoms with Crippen LogP contribution in [0.2, 0.25) is 0 Å². The van der Waals surface area contributed by atoms with Crippen LogP contribution in [0.4, 0.5) is 0 Å². The summed E-state index contributed by atoms with van der Waals surface area (Å²) in [5.41, 5.74) is 2.17. The summed E-state index contributed by atoms with van der Waals surface area (Å²) in [7, 11) is 3.27. The fourth-order valence-electron chi connectivity index (χ4n) is 2.23. The smallest absolute Gasteiger partial charge is 0.161 e. The van der Waals surface area contributed by atoms with E-state index < -0.39 is 0 Å². The Morgan fingerprint density at radius 1 is 1.24 bits per heavy atom. The Morgan fingerprint density at radius 3 is 2.52 bits per heavy atom. The first-order chi connectivity index (χ1) is 10.2. The monoisotopic (exact) mass is 353 g/mol. The summed E-state index contributed by atoms with van der Waals surface area (Å²) in [5, 5.41) is 3.53. The maximum Gasteiger partial charge on any atom is 0.161 e. The van der Waals surface area contributed by atoms with Crippen LogP contribution in [0.3, 0.4) is 0 Å². The zero-order valence-electron chi connectivity index (χ0n) is 12.5. The lowest BCUT2D eigenvalue weighted by atomic mass is 10.0. The van der Waals surface area contributed by atoms with Crippen LogP contribution in [0.15, 0.2) is 39.6 Å². The topological polar surface area (TPSA) is 43.6 Å². The van der Waals surface area contributed by atoms with Crippen molar-refractivity contribution in [3.63, 3.8) is 0 Å². The van der Waals surface area contributed by atoms with E-state index in [0.29, 0.717) is 11.5 Å². The number of benzene rings is 1. The molecule has 0 aliphatic rings. The molecular weight excluding hydrogens is 334 g/mol. The number of hydrogen-bond acceptors (Lipinski definition) is 4. The lowest BCUT2D eigenvalue weighted by Gasteiger charge is -2.21. The van der Waals surface area contributed by atoms with Gasteiger partial charge in [-0.1, -0.05) is 22.9 Å². The molecule has 0 aliphatic carbocycles. The number of furan rings is 1. The molecule has 1 N–H and O–H groups in total. The van der Waals surface area contributed by atoms with E-state index in [1.165, 1.54) is 0 Å². The van der Waals surface area contributed by atoms with Gasteiger partial charge in [-0.3, -0.25) is 0 Å². The molecule has 0 saturated carbocycles. The average Bonchev–Trinajstić information content (AvgIpc) is 3.02. The van der Waals surface area contributed by atoms with Crippen molar-refractivity contribution >= 4 is 15.9 Å². The molecule has 2 aromatic rings. The zero-order valence-corrected chi connectivity index (χ0v) is 14.1. The van der Waals surface area contributed by atoms with Crippen molar-refractivity contribution < 1.29 is 13.9 Å². The number of rotatable bonds is 7. The van der Waals surface area contributed by atoms with Crippen LogP contribution in [-0.2, 0) is 0 Å². The minimum absolute atomic E-state index is 0.0397. The largest absolute Gasteiger partial charge is 0.493 e. The third-order valence-corrected chi connectivity index (χ3v) is 3.98. The van der Waals surface area contributed by atoms with Crippen molar-refractivity contribution in [3.8, 4) is 11.5 Å². The summed E-state index contributed by atoms with van der Waals surface area (Å²) in [6.45, 7) is 3.06. The number of ether oxygens (including phenoxy) is 2. The summed E-state index contributed by atoms with van der Waals surface area (Å²) in [5.74, 6) is 1.41. The summed E-state index contributed by atoms with van der Waals surface area (Å²) < 4.78 is 16.9. The Bertz CT molecular complexity index is 569. The molecule has 1 atom stereocenters. The minimum Gasteiger partial charge on any atom is -0.493 e. The zero-order chi connectivity index (χ0) is 15.2. The maximum atomic E-state index is 5.41. The Balaban J connectivity index is 2.44. The van der Waals surface area contributed by atoms with Crippen molar-refractivity contribution in [2.45, 2.75) is 19.4 Å². The first kappa shape index (κ1) is 15.9. The first-order valence-corrected chi connectivity index (χ1v) is 7.67. The third kappa shape index (κ3) is 3.60. The van der Waals surface area contributed by atoms with Crippen molar-refractivity contribution in [2.75, 3.05) is 20.8 Å². The molecule has 1 aromatic heterocycles. The van der Waals surface area contributed by atoms with Gasteiger partial charge in [-0.15, -0.1) is 0 Å². The highest BCUT2D eigenvalue weighted by Gasteiger charge is 2.20. The van der Waals surface area contributed by atoms with Gasteiger partial charge in [0.1, 0.15) is 0 Å². The minimum atomic E-state index is 0.0397. The van der Waals surface area contributed by atoms with Crippen LogP contribution in [0.5, 0.6) is 11.5 Å². The molecule has 21 heavy (non-hydrogen) atoms. The predicted octanol–water partition coefficient (Wildman–Crippen LogP) is 4.15. The third-order valence-electron chi connectivity index (χ3n) is 3.29. The second-order valence-corrected chi connectivity index (χ2v) is 5.53. The van der Waals surface area contributed by atoms with Gasteiger partial charge in [-0.2, -0.15) is 0 Å². The molecule has 0 aliphatic heterocycles. The van der Waals surface area contributed by atoms with E-state index in [9.17, 15) is 0 Å². The molecule has 1 heterocycles. The molecule has 1 aromatic carbocycles. The second-order valence-electron chi connectivity index (χ2n) is 4.67. The van der Waals surface area contributed by atoms with E-state index >= 15 is 0 Å². The highest BCUT2D eigenvalue weighted by atomic mass is 79.9. The highest BCUT2D eigenvalue weighted by molar-refractivity contribution is 9.10. The number of methoxy groups -OCH3 is 2. The van der Waals surface area contributed by atoms with Gasteiger partial charge < -0.3 is 19.2 Å². The van der Waals surface area contributed by atoms with Crippen molar-refractivity contribution in [1.29, 1.82) is 0 Å². The molecule has 0 spiro atoms. The van der Waals surface area contributed by atoms with Crippen LogP contribution in [0.25, 0.3) is 0 Å². The summed E-state index contributed by atoms with van der Waals surface area (Å²) in [6, 6.07) is 5.92. The van der Waals surface area contributed by atoms with Crippen molar-refractivity contribution in [3.05, 3.63) is 46.3 Å². The van der Waals surface area contributed by atoms with Gasteiger partial charge in [0.15, 0.2) is 11.5 Å². The van der Waals surface area contributed by atoms with Crippen LogP contribution < -0.4 is 14.8 Å². The number of hydrogen-bond donors (Lipinski definition) is 1. The molecule has 0 amide bonds. The maximum absolute atomic E-state index is 5.41. The van der Waals surface area contributed by atoms with E-state index in [1.54, 1.807) is 26.7 Å². The Morgan fingerprint density at radius 2 is 1.95 bits per heavy atom. The molecule has 4 nitrogen and oxygen atoms in total. The van der Waals surface area contributed by atoms with Gasteiger partial charge in [0.05, 0.1) is 32.8 Å². The Labute approximate surface area is 133 Å². The van der Waals surface area contributed by atoms with E-state index in [4.69, 9.17) is 13.9 Å². The molecule has 5 heteroatoms. The van der Waals surface area contributed by atoms with Crippen LogP contribution in [0.1, 0.15) is 30.5 Å². The van der Waals surface area contributed by atoms with Gasteiger partial charge in [-0.05, 0) is 36.7 Å². The molecule has 0 fully saturated rings. The Kier molecular flexibility index (Phi) is 5.70. The van der Waals surface area contributed by atoms with Crippen molar-refractivity contribution in [1.82, 2.24) is 5.32 Å². The summed E-state index contributed by atoms with van der Waals surface area (Å²) >= 11 is 3.62. The van der Waals surface area contributed by atoms with Crippen molar-refractivity contribution in [2.24, 2.45) is 0 Å². The van der Waals surface area contributed by atoms with E-state index in [0.717, 1.165) is 28.6 Å². The van der Waals surface area contributed by atoms with Gasteiger partial charge >= 0.3 is 0 Å². The summed E-state index contributed by atoms with van der Waals surface area (Å²) in [4.78, 5) is 0. The summed E-state index contributed by atoms with van der Waals surface area (Å²) in [6.07, 6.45) is 4.50.